The second-order valence-electron chi connectivity index (χ2n) is 6.54. The van der Waals surface area contributed by atoms with Crippen molar-refractivity contribution in [3.8, 4) is 6.07 Å². The SMILES string of the molecule is CC(C)CCN(C)C1C[C@H]1CNCC1=CC=CC(C#N)O1. The highest BCUT2D eigenvalue weighted by Crippen LogP contribution is 2.34. The van der Waals surface area contributed by atoms with Gasteiger partial charge in [-0.05, 0) is 57.0 Å². The van der Waals surface area contributed by atoms with Crippen molar-refractivity contribution in [2.24, 2.45) is 11.8 Å². The van der Waals surface area contributed by atoms with Crippen LogP contribution in [-0.4, -0.2) is 43.7 Å². The fourth-order valence-electron chi connectivity index (χ4n) is 2.67. The molecular weight excluding hydrogens is 262 g/mol. The van der Waals surface area contributed by atoms with Gasteiger partial charge in [-0.2, -0.15) is 5.26 Å². The third-order valence-electron chi connectivity index (χ3n) is 4.19. The molecule has 1 heterocycles. The molecule has 2 aliphatic rings. The Morgan fingerprint density at radius 2 is 2.33 bits per heavy atom. The Hall–Kier alpha value is -1.31. The topological polar surface area (TPSA) is 48.3 Å². The van der Waals surface area contributed by atoms with Crippen LogP contribution in [-0.2, 0) is 4.74 Å². The average Bonchev–Trinajstić information content (AvgIpc) is 3.24. The van der Waals surface area contributed by atoms with E-state index in [4.69, 9.17) is 10.00 Å². The van der Waals surface area contributed by atoms with Gasteiger partial charge in [0.15, 0.2) is 0 Å². The standard InChI is InChI=1S/C17H27N3O/c1-13(2)7-8-20(3)17-9-14(17)11-19-12-16-6-4-5-15(10-18)21-16/h4-6,13-15,17,19H,7-9,11-12H2,1-3H3/t14-,15?,17?/m0/s1. The highest BCUT2D eigenvalue weighted by Gasteiger charge is 2.39. The zero-order chi connectivity index (χ0) is 15.2. The van der Waals surface area contributed by atoms with Crippen molar-refractivity contribution in [3.63, 3.8) is 0 Å². The summed E-state index contributed by atoms with van der Waals surface area (Å²) in [5.41, 5.74) is 0. The first-order valence-corrected chi connectivity index (χ1v) is 7.94. The first kappa shape index (κ1) is 16.1. The van der Waals surface area contributed by atoms with Crippen LogP contribution < -0.4 is 5.32 Å². The van der Waals surface area contributed by atoms with Gasteiger partial charge in [0.05, 0.1) is 6.54 Å². The minimum atomic E-state index is -0.428. The minimum Gasteiger partial charge on any atom is -0.474 e. The average molecular weight is 289 g/mol. The van der Waals surface area contributed by atoms with E-state index in [1.807, 2.05) is 12.2 Å². The summed E-state index contributed by atoms with van der Waals surface area (Å²) < 4.78 is 5.52. The van der Waals surface area contributed by atoms with Crippen LogP contribution in [0.15, 0.2) is 24.0 Å². The molecule has 1 fully saturated rings. The van der Waals surface area contributed by atoms with Crippen LogP contribution in [0.5, 0.6) is 0 Å². The van der Waals surface area contributed by atoms with E-state index in [9.17, 15) is 0 Å². The van der Waals surface area contributed by atoms with E-state index in [1.54, 1.807) is 6.08 Å². The van der Waals surface area contributed by atoms with Crippen LogP contribution in [0.4, 0.5) is 0 Å². The lowest BCUT2D eigenvalue weighted by molar-refractivity contribution is 0.185. The third-order valence-corrected chi connectivity index (χ3v) is 4.19. The smallest absolute Gasteiger partial charge is 0.202 e. The van der Waals surface area contributed by atoms with Gasteiger partial charge in [0.1, 0.15) is 11.8 Å². The van der Waals surface area contributed by atoms with Crippen molar-refractivity contribution in [1.29, 1.82) is 5.26 Å². The normalized spacial score (nSPS) is 27.4. The Labute approximate surface area is 128 Å². The monoisotopic (exact) mass is 289 g/mol. The summed E-state index contributed by atoms with van der Waals surface area (Å²) in [5.74, 6) is 2.39. The maximum Gasteiger partial charge on any atom is 0.202 e. The van der Waals surface area contributed by atoms with Crippen molar-refractivity contribution < 1.29 is 4.74 Å². The molecule has 0 amide bonds. The minimum absolute atomic E-state index is 0.428. The van der Waals surface area contributed by atoms with Gasteiger partial charge in [-0.15, -0.1) is 0 Å². The Balaban J connectivity index is 1.60. The molecule has 0 saturated heterocycles. The molecule has 3 atom stereocenters. The van der Waals surface area contributed by atoms with Gasteiger partial charge in [-0.25, -0.2) is 0 Å². The predicted octanol–water partition coefficient (Wildman–Crippen LogP) is 2.30. The maximum absolute atomic E-state index is 8.84. The van der Waals surface area contributed by atoms with Crippen LogP contribution in [0.25, 0.3) is 0 Å². The van der Waals surface area contributed by atoms with Gasteiger partial charge in [0.2, 0.25) is 6.10 Å². The molecule has 4 heteroatoms. The first-order chi connectivity index (χ1) is 10.1. The van der Waals surface area contributed by atoms with Gasteiger partial charge in [0.25, 0.3) is 0 Å². The second-order valence-corrected chi connectivity index (χ2v) is 6.54. The molecule has 0 aromatic heterocycles. The Bertz CT molecular complexity index is 436. The molecule has 4 nitrogen and oxygen atoms in total. The zero-order valence-electron chi connectivity index (χ0n) is 13.4. The van der Waals surface area contributed by atoms with Crippen LogP contribution in [0, 0.1) is 23.2 Å². The molecule has 2 rings (SSSR count). The van der Waals surface area contributed by atoms with Crippen LogP contribution >= 0.6 is 0 Å². The van der Waals surface area contributed by atoms with Crippen LogP contribution in [0.1, 0.15) is 26.7 Å². The van der Waals surface area contributed by atoms with E-state index >= 15 is 0 Å². The molecule has 116 valence electrons. The third kappa shape index (κ3) is 5.18. The number of nitriles is 1. The van der Waals surface area contributed by atoms with Crippen molar-refractivity contribution in [1.82, 2.24) is 10.2 Å². The Morgan fingerprint density at radius 3 is 3.05 bits per heavy atom. The van der Waals surface area contributed by atoms with Crippen LogP contribution in [0.3, 0.4) is 0 Å². The lowest BCUT2D eigenvalue weighted by Crippen LogP contribution is -2.28. The fraction of sp³-hybridized carbons (Fsp3) is 0.706. The highest BCUT2D eigenvalue weighted by molar-refractivity contribution is 5.19. The van der Waals surface area contributed by atoms with Gasteiger partial charge >= 0.3 is 0 Å². The van der Waals surface area contributed by atoms with E-state index in [0.29, 0.717) is 6.54 Å². The van der Waals surface area contributed by atoms with Gasteiger partial charge < -0.3 is 15.0 Å². The molecule has 0 bridgehead atoms. The summed E-state index contributed by atoms with van der Waals surface area (Å²) in [7, 11) is 2.24. The molecule has 0 aromatic rings. The molecule has 1 aliphatic carbocycles. The summed E-state index contributed by atoms with van der Waals surface area (Å²) in [6, 6.07) is 2.85. The van der Waals surface area contributed by atoms with Crippen molar-refractivity contribution >= 4 is 0 Å². The number of nitrogens with one attached hydrogen (secondary N) is 1. The lowest BCUT2D eigenvalue weighted by Gasteiger charge is -2.18. The van der Waals surface area contributed by atoms with Gasteiger partial charge in [-0.1, -0.05) is 19.9 Å². The van der Waals surface area contributed by atoms with Crippen LogP contribution in [0.2, 0.25) is 0 Å². The number of ether oxygens (including phenoxy) is 1. The summed E-state index contributed by atoms with van der Waals surface area (Å²) in [4.78, 5) is 2.50. The molecule has 1 N–H and O–H groups in total. The first-order valence-electron chi connectivity index (χ1n) is 7.94. The maximum atomic E-state index is 8.84. The zero-order valence-corrected chi connectivity index (χ0v) is 13.4. The molecule has 0 aromatic carbocycles. The molecule has 1 saturated carbocycles. The number of allylic oxidation sites excluding steroid dienone is 2. The quantitative estimate of drug-likeness (QED) is 0.745. The molecule has 0 radical (unpaired) electrons. The number of nitrogens with zero attached hydrogens (tertiary/aromatic N) is 2. The Kier molecular flexibility index (Phi) is 5.84. The van der Waals surface area contributed by atoms with E-state index < -0.39 is 6.10 Å². The summed E-state index contributed by atoms with van der Waals surface area (Å²) >= 11 is 0. The number of hydrogen-bond donors (Lipinski definition) is 1. The molecule has 21 heavy (non-hydrogen) atoms. The van der Waals surface area contributed by atoms with E-state index in [1.165, 1.54) is 19.4 Å². The number of rotatable bonds is 8. The van der Waals surface area contributed by atoms with Gasteiger partial charge in [-0.3, -0.25) is 0 Å². The largest absolute Gasteiger partial charge is 0.474 e. The second kappa shape index (κ2) is 7.63. The van der Waals surface area contributed by atoms with E-state index in [-0.39, 0.29) is 0 Å². The Morgan fingerprint density at radius 1 is 1.52 bits per heavy atom. The van der Waals surface area contributed by atoms with Crippen molar-refractivity contribution in [3.05, 3.63) is 24.0 Å². The van der Waals surface area contributed by atoms with Crippen molar-refractivity contribution in [2.45, 2.75) is 38.8 Å². The summed E-state index contributed by atoms with van der Waals surface area (Å²) in [6.45, 7) is 7.49. The fourth-order valence-corrected chi connectivity index (χ4v) is 2.67. The molecule has 1 aliphatic heterocycles. The van der Waals surface area contributed by atoms with Gasteiger partial charge in [0, 0.05) is 6.04 Å². The summed E-state index contributed by atoms with van der Waals surface area (Å²) in [5, 5.41) is 12.3. The van der Waals surface area contributed by atoms with E-state index in [2.05, 4.69) is 37.2 Å². The van der Waals surface area contributed by atoms with Crippen molar-refractivity contribution in [2.75, 3.05) is 26.7 Å². The summed E-state index contributed by atoms with van der Waals surface area (Å²) in [6.07, 6.45) is 7.73. The molecule has 2 unspecified atom stereocenters. The molecule has 0 spiro atoms. The molecular formula is C17H27N3O. The lowest BCUT2D eigenvalue weighted by atomic mass is 10.1. The highest BCUT2D eigenvalue weighted by atomic mass is 16.5. The van der Waals surface area contributed by atoms with E-state index in [0.717, 1.165) is 30.2 Å². The number of hydrogen-bond acceptors (Lipinski definition) is 4. The predicted molar refractivity (Wildman–Crippen MR) is 84.6 cm³/mol.